The number of hydrogen-bond donors (Lipinski definition) is 0. The molecule has 0 spiro atoms. The zero-order valence-electron chi connectivity index (χ0n) is 16.7. The molecule has 1 heterocycles. The molecule has 0 unspecified atom stereocenters. The summed E-state index contributed by atoms with van der Waals surface area (Å²) < 4.78 is 19.3. The van der Waals surface area contributed by atoms with Crippen LogP contribution in [0.25, 0.3) is 0 Å². The number of benzene rings is 3. The summed E-state index contributed by atoms with van der Waals surface area (Å²) in [5.41, 5.74) is 0.0537. The summed E-state index contributed by atoms with van der Waals surface area (Å²) in [6.07, 6.45) is 0. The van der Waals surface area contributed by atoms with Gasteiger partial charge in [0, 0.05) is 5.56 Å². The van der Waals surface area contributed by atoms with E-state index in [1.807, 2.05) is 54.6 Å². The zero-order valence-corrected chi connectivity index (χ0v) is 16.7. The molecule has 30 heavy (non-hydrogen) atoms. The molecule has 3 aromatic carbocycles. The van der Waals surface area contributed by atoms with E-state index in [4.69, 9.17) is 4.74 Å². The topological polar surface area (TPSA) is 49.9 Å². The number of para-hydroxylation sites is 2. The first-order valence-electron chi connectivity index (χ1n) is 9.60. The number of halogens is 1. The van der Waals surface area contributed by atoms with E-state index in [9.17, 15) is 14.0 Å². The lowest BCUT2D eigenvalue weighted by atomic mass is 10.0. The summed E-state index contributed by atoms with van der Waals surface area (Å²) in [4.78, 5) is 28.8. The van der Waals surface area contributed by atoms with Gasteiger partial charge >= 0.3 is 6.03 Å². The lowest BCUT2D eigenvalue weighted by molar-refractivity contribution is -0.123. The highest BCUT2D eigenvalue weighted by Crippen LogP contribution is 2.35. The van der Waals surface area contributed by atoms with Crippen LogP contribution < -0.4 is 9.64 Å². The average Bonchev–Trinajstić information content (AvgIpc) is 2.90. The summed E-state index contributed by atoms with van der Waals surface area (Å²) in [5, 5.41) is 0. The van der Waals surface area contributed by atoms with Gasteiger partial charge in [-0.05, 0) is 56.3 Å². The third-order valence-corrected chi connectivity index (χ3v) is 5.18. The first-order chi connectivity index (χ1) is 14.4. The van der Waals surface area contributed by atoms with E-state index in [2.05, 4.69) is 0 Å². The van der Waals surface area contributed by atoms with Crippen LogP contribution in [0.4, 0.5) is 14.9 Å². The number of nitrogens with zero attached hydrogens (tertiary/aromatic N) is 2. The Hall–Kier alpha value is -3.67. The Morgan fingerprint density at radius 2 is 1.50 bits per heavy atom. The molecule has 1 aliphatic rings. The normalized spacial score (nSPS) is 15.6. The summed E-state index contributed by atoms with van der Waals surface area (Å²) in [6.45, 7) is 3.60. The predicted molar refractivity (Wildman–Crippen MR) is 112 cm³/mol. The number of amides is 3. The summed E-state index contributed by atoms with van der Waals surface area (Å²) in [7, 11) is 0. The lowest BCUT2D eigenvalue weighted by Gasteiger charge is -2.28. The molecule has 0 radical (unpaired) electrons. The van der Waals surface area contributed by atoms with Crippen LogP contribution in [-0.4, -0.2) is 22.4 Å². The quantitative estimate of drug-likeness (QED) is 0.538. The van der Waals surface area contributed by atoms with E-state index in [0.29, 0.717) is 17.2 Å². The summed E-state index contributed by atoms with van der Waals surface area (Å²) in [5.74, 6) is 0.502. The number of urea groups is 1. The van der Waals surface area contributed by atoms with Crippen LogP contribution in [0.3, 0.4) is 0 Å². The molecular formula is C24H21FN2O3. The van der Waals surface area contributed by atoms with Gasteiger partial charge in [-0.15, -0.1) is 0 Å². The molecule has 6 heteroatoms. The van der Waals surface area contributed by atoms with E-state index in [1.165, 1.54) is 29.2 Å². The van der Waals surface area contributed by atoms with Crippen molar-refractivity contribution in [2.45, 2.75) is 25.9 Å². The molecule has 0 aromatic heterocycles. The first kappa shape index (κ1) is 19.6. The maximum Gasteiger partial charge on any atom is 0.332 e. The van der Waals surface area contributed by atoms with Crippen LogP contribution in [0, 0.1) is 5.82 Å². The third kappa shape index (κ3) is 3.52. The van der Waals surface area contributed by atoms with Gasteiger partial charge in [0.05, 0.1) is 12.2 Å². The fourth-order valence-corrected chi connectivity index (χ4v) is 3.44. The SMILES string of the molecule is CC1(C)C(=O)N(c2ccc(F)cc2)C(=O)N1Cc1ccccc1Oc1ccccc1. The van der Waals surface area contributed by atoms with Gasteiger partial charge in [-0.3, -0.25) is 4.79 Å². The Morgan fingerprint density at radius 3 is 2.20 bits per heavy atom. The minimum absolute atomic E-state index is 0.193. The largest absolute Gasteiger partial charge is 0.457 e. The van der Waals surface area contributed by atoms with Gasteiger partial charge in [0.1, 0.15) is 22.9 Å². The minimum atomic E-state index is -1.06. The molecule has 3 amide bonds. The Labute approximate surface area is 174 Å². The molecule has 0 aliphatic carbocycles. The first-order valence-corrected chi connectivity index (χ1v) is 9.60. The van der Waals surface area contributed by atoms with Crippen molar-refractivity contribution in [1.29, 1.82) is 0 Å². The summed E-state index contributed by atoms with van der Waals surface area (Å²) in [6, 6.07) is 21.6. The molecule has 1 fully saturated rings. The molecular weight excluding hydrogens is 383 g/mol. The van der Waals surface area contributed by atoms with Crippen LogP contribution in [-0.2, 0) is 11.3 Å². The molecule has 0 saturated carbocycles. The van der Waals surface area contributed by atoms with E-state index in [0.717, 1.165) is 10.5 Å². The molecule has 152 valence electrons. The second-order valence-electron chi connectivity index (χ2n) is 7.57. The highest BCUT2D eigenvalue weighted by Gasteiger charge is 2.51. The van der Waals surface area contributed by atoms with Gasteiger partial charge in [-0.2, -0.15) is 0 Å². The van der Waals surface area contributed by atoms with Crippen molar-refractivity contribution >= 4 is 17.6 Å². The molecule has 0 atom stereocenters. The molecule has 0 N–H and O–H groups in total. The lowest BCUT2D eigenvalue weighted by Crippen LogP contribution is -2.43. The number of anilines is 1. The molecule has 4 rings (SSSR count). The Balaban J connectivity index is 1.64. The fraction of sp³-hybridized carbons (Fsp3) is 0.167. The Kier molecular flexibility index (Phi) is 4.99. The molecule has 0 bridgehead atoms. The Bertz CT molecular complexity index is 1080. The number of carbonyl (C=O) groups is 2. The monoisotopic (exact) mass is 404 g/mol. The van der Waals surface area contributed by atoms with E-state index in [-0.39, 0.29) is 12.5 Å². The van der Waals surface area contributed by atoms with Crippen LogP contribution in [0.2, 0.25) is 0 Å². The standard InChI is InChI=1S/C24H21FN2O3/c1-24(2)22(28)27(19-14-12-18(25)13-15-19)23(29)26(24)16-17-8-6-7-11-21(17)30-20-9-4-3-5-10-20/h3-15H,16H2,1-2H3. The van der Waals surface area contributed by atoms with E-state index in [1.54, 1.807) is 13.8 Å². The van der Waals surface area contributed by atoms with Crippen LogP contribution in [0.1, 0.15) is 19.4 Å². The van der Waals surface area contributed by atoms with Gasteiger partial charge in [-0.25, -0.2) is 14.1 Å². The molecule has 1 aliphatic heterocycles. The maximum atomic E-state index is 13.3. The van der Waals surface area contributed by atoms with Gasteiger partial charge in [0.15, 0.2) is 0 Å². The van der Waals surface area contributed by atoms with E-state index >= 15 is 0 Å². The van der Waals surface area contributed by atoms with Gasteiger partial charge in [0.25, 0.3) is 5.91 Å². The number of imide groups is 1. The second kappa shape index (κ2) is 7.63. The average molecular weight is 404 g/mol. The van der Waals surface area contributed by atoms with E-state index < -0.39 is 17.4 Å². The van der Waals surface area contributed by atoms with Crippen molar-refractivity contribution in [3.8, 4) is 11.5 Å². The van der Waals surface area contributed by atoms with Crippen molar-refractivity contribution in [1.82, 2.24) is 4.90 Å². The van der Waals surface area contributed by atoms with Crippen molar-refractivity contribution in [3.05, 3.63) is 90.2 Å². The predicted octanol–water partition coefficient (Wildman–Crippen LogP) is 5.37. The second-order valence-corrected chi connectivity index (χ2v) is 7.57. The zero-order chi connectivity index (χ0) is 21.3. The third-order valence-electron chi connectivity index (χ3n) is 5.18. The van der Waals surface area contributed by atoms with Crippen LogP contribution in [0.15, 0.2) is 78.9 Å². The summed E-state index contributed by atoms with van der Waals surface area (Å²) >= 11 is 0. The Morgan fingerprint density at radius 1 is 0.867 bits per heavy atom. The van der Waals surface area contributed by atoms with Gasteiger partial charge in [0.2, 0.25) is 0 Å². The molecule has 1 saturated heterocycles. The van der Waals surface area contributed by atoms with Crippen molar-refractivity contribution in [2.75, 3.05) is 4.90 Å². The molecule has 3 aromatic rings. The van der Waals surface area contributed by atoms with Gasteiger partial charge < -0.3 is 9.64 Å². The highest BCUT2D eigenvalue weighted by molar-refractivity contribution is 6.22. The van der Waals surface area contributed by atoms with Gasteiger partial charge in [-0.1, -0.05) is 36.4 Å². The molecule has 5 nitrogen and oxygen atoms in total. The number of hydrogen-bond acceptors (Lipinski definition) is 3. The van der Waals surface area contributed by atoms with Crippen LogP contribution in [0.5, 0.6) is 11.5 Å². The van der Waals surface area contributed by atoms with Crippen molar-refractivity contribution in [3.63, 3.8) is 0 Å². The maximum absolute atomic E-state index is 13.3. The number of rotatable bonds is 5. The minimum Gasteiger partial charge on any atom is -0.457 e. The fourth-order valence-electron chi connectivity index (χ4n) is 3.44. The van der Waals surface area contributed by atoms with Crippen LogP contribution >= 0.6 is 0 Å². The number of ether oxygens (including phenoxy) is 1. The van der Waals surface area contributed by atoms with Crippen molar-refractivity contribution in [2.24, 2.45) is 0 Å². The highest BCUT2D eigenvalue weighted by atomic mass is 19.1. The number of carbonyl (C=O) groups excluding carboxylic acids is 2. The smallest absolute Gasteiger partial charge is 0.332 e. The van der Waals surface area contributed by atoms with Crippen molar-refractivity contribution < 1.29 is 18.7 Å².